The van der Waals surface area contributed by atoms with Crippen molar-refractivity contribution in [2.45, 2.75) is 36.2 Å². The Bertz CT molecular complexity index is 585. The van der Waals surface area contributed by atoms with Crippen LogP contribution in [-0.4, -0.2) is 46.0 Å². The van der Waals surface area contributed by atoms with Crippen LogP contribution in [-0.2, 0) is 23.8 Å². The van der Waals surface area contributed by atoms with E-state index in [1.54, 1.807) is 12.1 Å². The lowest BCUT2D eigenvalue weighted by molar-refractivity contribution is 0.0334. The van der Waals surface area contributed by atoms with E-state index in [2.05, 4.69) is 0 Å². The molecular weight excluding hydrogens is 282 g/mol. The number of fused-ring (bicyclic) bond motifs is 1. The summed E-state index contributed by atoms with van der Waals surface area (Å²) in [6, 6.07) is 6.28. The van der Waals surface area contributed by atoms with E-state index in [1.807, 2.05) is 6.92 Å². The van der Waals surface area contributed by atoms with Crippen LogP contribution in [0.2, 0.25) is 0 Å². The first kappa shape index (κ1) is 14.0. The predicted octanol–water partition coefficient (Wildman–Crippen LogP) is 0.194. The van der Waals surface area contributed by atoms with Crippen molar-refractivity contribution in [3.05, 3.63) is 29.8 Å². The maximum Gasteiger partial charge on any atom is 0.297 e. The molecule has 4 atom stereocenters. The molecule has 2 aliphatic heterocycles. The maximum absolute atomic E-state index is 12.2. The molecule has 2 saturated heterocycles. The van der Waals surface area contributed by atoms with Gasteiger partial charge in [0.1, 0.15) is 18.3 Å². The fourth-order valence-corrected chi connectivity index (χ4v) is 3.57. The van der Waals surface area contributed by atoms with Gasteiger partial charge in [0.05, 0.1) is 24.2 Å². The van der Waals surface area contributed by atoms with Crippen molar-refractivity contribution in [2.24, 2.45) is 5.73 Å². The Kier molecular flexibility index (Phi) is 3.55. The molecule has 0 aromatic heterocycles. The average Bonchev–Trinajstić information content (AvgIpc) is 2.95. The van der Waals surface area contributed by atoms with Gasteiger partial charge in [-0.15, -0.1) is 0 Å². The lowest BCUT2D eigenvalue weighted by atomic mass is 10.1. The number of hydrogen-bond donors (Lipinski definition) is 1. The Hall–Kier alpha value is -0.990. The quantitative estimate of drug-likeness (QED) is 0.802. The third kappa shape index (κ3) is 2.47. The molecule has 6 nitrogen and oxygen atoms in total. The van der Waals surface area contributed by atoms with E-state index in [1.165, 1.54) is 12.1 Å². The second-order valence-electron chi connectivity index (χ2n) is 5.16. The van der Waals surface area contributed by atoms with Crippen molar-refractivity contribution in [3.8, 4) is 0 Å². The molecule has 0 spiro atoms. The summed E-state index contributed by atoms with van der Waals surface area (Å²) >= 11 is 0. The molecule has 0 bridgehead atoms. The number of benzene rings is 1. The summed E-state index contributed by atoms with van der Waals surface area (Å²) in [5.74, 6) is 0. The lowest BCUT2D eigenvalue weighted by Crippen LogP contribution is -2.37. The Balaban J connectivity index is 1.76. The van der Waals surface area contributed by atoms with Crippen molar-refractivity contribution in [1.29, 1.82) is 0 Å². The van der Waals surface area contributed by atoms with Gasteiger partial charge in [-0.2, -0.15) is 8.42 Å². The molecule has 0 amide bonds. The van der Waals surface area contributed by atoms with E-state index in [-0.39, 0.29) is 23.6 Å². The molecule has 2 N–H and O–H groups in total. The summed E-state index contributed by atoms with van der Waals surface area (Å²) in [5, 5.41) is 0. The molecule has 1 aromatic carbocycles. The summed E-state index contributed by atoms with van der Waals surface area (Å²) in [6.45, 7) is 2.42. The van der Waals surface area contributed by atoms with Gasteiger partial charge in [-0.3, -0.25) is 4.18 Å². The van der Waals surface area contributed by atoms with Gasteiger partial charge in [-0.05, 0) is 19.1 Å². The first-order valence-corrected chi connectivity index (χ1v) is 7.87. The second kappa shape index (κ2) is 5.09. The van der Waals surface area contributed by atoms with E-state index in [0.717, 1.165) is 5.56 Å². The Morgan fingerprint density at radius 3 is 2.50 bits per heavy atom. The Morgan fingerprint density at radius 2 is 1.80 bits per heavy atom. The van der Waals surface area contributed by atoms with E-state index in [0.29, 0.717) is 6.61 Å². The normalized spacial score (nSPS) is 33.3. The van der Waals surface area contributed by atoms with Crippen LogP contribution in [0.25, 0.3) is 0 Å². The molecule has 0 saturated carbocycles. The first-order chi connectivity index (χ1) is 9.47. The highest BCUT2D eigenvalue weighted by molar-refractivity contribution is 7.86. The van der Waals surface area contributed by atoms with E-state index < -0.39 is 22.3 Å². The monoisotopic (exact) mass is 299 g/mol. The summed E-state index contributed by atoms with van der Waals surface area (Å²) < 4.78 is 40.6. The fraction of sp³-hybridized carbons (Fsp3) is 0.538. The predicted molar refractivity (Wildman–Crippen MR) is 70.7 cm³/mol. The van der Waals surface area contributed by atoms with Crippen molar-refractivity contribution in [2.75, 3.05) is 13.2 Å². The number of ether oxygens (including phenoxy) is 2. The van der Waals surface area contributed by atoms with Gasteiger partial charge < -0.3 is 15.2 Å². The van der Waals surface area contributed by atoms with Crippen LogP contribution in [0.1, 0.15) is 5.56 Å². The minimum Gasteiger partial charge on any atom is -0.371 e. The molecule has 110 valence electrons. The van der Waals surface area contributed by atoms with Gasteiger partial charge in [0.15, 0.2) is 0 Å². The van der Waals surface area contributed by atoms with Gasteiger partial charge >= 0.3 is 0 Å². The average molecular weight is 299 g/mol. The zero-order valence-electron chi connectivity index (χ0n) is 11.1. The van der Waals surface area contributed by atoms with Crippen molar-refractivity contribution in [1.82, 2.24) is 0 Å². The molecule has 2 heterocycles. The van der Waals surface area contributed by atoms with Crippen molar-refractivity contribution in [3.63, 3.8) is 0 Å². The summed E-state index contributed by atoms with van der Waals surface area (Å²) in [7, 11) is -3.82. The zero-order valence-corrected chi connectivity index (χ0v) is 11.9. The highest BCUT2D eigenvalue weighted by Crippen LogP contribution is 2.30. The molecular formula is C13H17NO5S. The Labute approximate surface area is 117 Å². The molecule has 3 rings (SSSR count). The highest BCUT2D eigenvalue weighted by Gasteiger charge is 2.48. The van der Waals surface area contributed by atoms with Crippen LogP contribution in [0.4, 0.5) is 0 Å². The minimum atomic E-state index is -3.82. The van der Waals surface area contributed by atoms with Crippen LogP contribution in [0.5, 0.6) is 0 Å². The van der Waals surface area contributed by atoms with E-state index >= 15 is 0 Å². The summed E-state index contributed by atoms with van der Waals surface area (Å²) in [5.41, 5.74) is 6.80. The molecule has 1 aromatic rings. The zero-order chi connectivity index (χ0) is 14.3. The van der Waals surface area contributed by atoms with E-state index in [4.69, 9.17) is 19.4 Å². The number of nitrogens with two attached hydrogens (primary N) is 1. The van der Waals surface area contributed by atoms with Gasteiger partial charge in [-0.25, -0.2) is 0 Å². The summed E-state index contributed by atoms with van der Waals surface area (Å²) in [4.78, 5) is 0.133. The second-order valence-corrected chi connectivity index (χ2v) is 6.73. The summed E-state index contributed by atoms with van der Waals surface area (Å²) in [6.07, 6.45) is -1.33. The Morgan fingerprint density at radius 1 is 1.15 bits per heavy atom. The molecule has 0 radical (unpaired) electrons. The van der Waals surface area contributed by atoms with Gasteiger partial charge in [0, 0.05) is 0 Å². The minimum absolute atomic E-state index is 0.133. The topological polar surface area (TPSA) is 87.9 Å². The van der Waals surface area contributed by atoms with Gasteiger partial charge in [0.2, 0.25) is 0 Å². The first-order valence-electron chi connectivity index (χ1n) is 6.46. The fourth-order valence-electron chi connectivity index (χ4n) is 2.50. The molecule has 20 heavy (non-hydrogen) atoms. The molecule has 2 aliphatic rings. The largest absolute Gasteiger partial charge is 0.371 e. The molecule has 0 aliphatic carbocycles. The molecule has 0 unspecified atom stereocenters. The van der Waals surface area contributed by atoms with E-state index in [9.17, 15) is 8.42 Å². The van der Waals surface area contributed by atoms with Crippen LogP contribution in [0.3, 0.4) is 0 Å². The number of rotatable bonds is 3. The van der Waals surface area contributed by atoms with Gasteiger partial charge in [0.25, 0.3) is 10.1 Å². The van der Waals surface area contributed by atoms with Crippen molar-refractivity contribution < 1.29 is 22.1 Å². The number of hydrogen-bond acceptors (Lipinski definition) is 6. The van der Waals surface area contributed by atoms with Gasteiger partial charge in [-0.1, -0.05) is 17.7 Å². The highest BCUT2D eigenvalue weighted by atomic mass is 32.2. The maximum atomic E-state index is 12.2. The van der Waals surface area contributed by atoms with Crippen LogP contribution >= 0.6 is 0 Å². The van der Waals surface area contributed by atoms with Crippen molar-refractivity contribution >= 4 is 10.1 Å². The molecule has 2 fully saturated rings. The molecule has 7 heteroatoms. The lowest BCUT2D eigenvalue weighted by Gasteiger charge is -2.16. The third-order valence-electron chi connectivity index (χ3n) is 3.61. The van der Waals surface area contributed by atoms with Crippen LogP contribution in [0.15, 0.2) is 29.2 Å². The van der Waals surface area contributed by atoms with Crippen LogP contribution in [0, 0.1) is 6.92 Å². The standard InChI is InChI=1S/C13H17NO5S/c1-8-2-4-9(5-3-8)20(15,16)19-11-7-18-12-10(14)6-17-13(11)12/h2-5,10-13H,6-7,14H2,1H3/t10-,11+,12+,13+/m0/s1. The van der Waals surface area contributed by atoms with Crippen LogP contribution < -0.4 is 5.73 Å². The third-order valence-corrected chi connectivity index (χ3v) is 4.96. The smallest absolute Gasteiger partial charge is 0.297 e. The SMILES string of the molecule is Cc1ccc(S(=O)(=O)O[C@@H]2CO[C@H]3[C@@H]2OC[C@@H]3N)cc1. The number of aryl methyl sites for hydroxylation is 1.